The zero-order valence-electron chi connectivity index (χ0n) is 9.10. The lowest BCUT2D eigenvalue weighted by Gasteiger charge is -2.13. The van der Waals surface area contributed by atoms with E-state index in [1.54, 1.807) is 6.92 Å². The van der Waals surface area contributed by atoms with Crippen LogP contribution in [-0.4, -0.2) is 18.7 Å². The van der Waals surface area contributed by atoms with Gasteiger partial charge < -0.3 is 9.47 Å². The maximum absolute atomic E-state index is 11.1. The van der Waals surface area contributed by atoms with Crippen molar-refractivity contribution >= 4 is 5.97 Å². The highest BCUT2D eigenvalue weighted by Crippen LogP contribution is 2.12. The summed E-state index contributed by atoms with van der Waals surface area (Å²) in [7, 11) is 0. The Labute approximate surface area is 90.0 Å². The van der Waals surface area contributed by atoms with Gasteiger partial charge in [-0.05, 0) is 26.0 Å². The zero-order chi connectivity index (χ0) is 11.1. The van der Waals surface area contributed by atoms with Crippen molar-refractivity contribution in [1.29, 1.82) is 0 Å². The molecule has 0 spiro atoms. The highest BCUT2D eigenvalue weighted by atomic mass is 16.5. The summed E-state index contributed by atoms with van der Waals surface area (Å²) in [5.41, 5.74) is 0. The van der Waals surface area contributed by atoms with E-state index in [0.29, 0.717) is 6.61 Å². The summed E-state index contributed by atoms with van der Waals surface area (Å²) in [6, 6.07) is 9.44. The lowest BCUT2D eigenvalue weighted by molar-refractivity contribution is -0.144. The number of esters is 1. The molecule has 0 aliphatic carbocycles. The van der Waals surface area contributed by atoms with E-state index in [1.807, 2.05) is 37.3 Å². The van der Waals surface area contributed by atoms with E-state index in [0.717, 1.165) is 5.75 Å². The molecule has 0 aliphatic rings. The summed E-state index contributed by atoms with van der Waals surface area (Å²) in [5.74, 6) is 0.551. The fraction of sp³-hybridized carbons (Fsp3) is 0.417. The molecule has 0 saturated carbocycles. The Morgan fingerprint density at radius 1 is 1.33 bits per heavy atom. The lowest BCUT2D eigenvalue weighted by atomic mass is 10.3. The molecular formula is C12H16O3. The molecule has 1 atom stereocenters. The molecular weight excluding hydrogens is 192 g/mol. The van der Waals surface area contributed by atoms with Crippen LogP contribution in [-0.2, 0) is 9.53 Å². The maximum Gasteiger partial charge on any atom is 0.309 e. The first-order valence-corrected chi connectivity index (χ1v) is 5.09. The lowest BCUT2D eigenvalue weighted by Crippen LogP contribution is -2.18. The van der Waals surface area contributed by atoms with E-state index in [-0.39, 0.29) is 18.5 Å². The molecule has 1 aromatic carbocycles. The number of hydrogen-bond donors (Lipinski definition) is 0. The molecule has 0 aromatic heterocycles. The first-order valence-electron chi connectivity index (χ1n) is 5.09. The van der Waals surface area contributed by atoms with E-state index in [4.69, 9.17) is 9.47 Å². The Morgan fingerprint density at radius 2 is 2.00 bits per heavy atom. The number of ether oxygens (including phenoxy) is 2. The van der Waals surface area contributed by atoms with Gasteiger partial charge >= 0.3 is 5.97 Å². The standard InChI is InChI=1S/C12H16O3/c1-3-14-12(13)9-10(2)15-11-7-5-4-6-8-11/h4-8,10H,3,9H2,1-2H3/t10-/m0/s1. The van der Waals surface area contributed by atoms with Crippen molar-refractivity contribution in [2.24, 2.45) is 0 Å². The Kier molecular flexibility index (Phi) is 4.68. The van der Waals surface area contributed by atoms with Crippen molar-refractivity contribution in [2.45, 2.75) is 26.4 Å². The molecule has 82 valence electrons. The molecule has 1 aromatic rings. The van der Waals surface area contributed by atoms with Crippen molar-refractivity contribution in [3.8, 4) is 5.75 Å². The molecule has 0 saturated heterocycles. The van der Waals surface area contributed by atoms with Gasteiger partial charge in [-0.1, -0.05) is 18.2 Å². The molecule has 3 heteroatoms. The summed E-state index contributed by atoms with van der Waals surface area (Å²) < 4.78 is 10.4. The number of carbonyl (C=O) groups is 1. The molecule has 15 heavy (non-hydrogen) atoms. The summed E-state index contributed by atoms with van der Waals surface area (Å²) in [6.07, 6.45) is 0.120. The minimum Gasteiger partial charge on any atom is -0.490 e. The third kappa shape index (κ3) is 4.49. The van der Waals surface area contributed by atoms with Gasteiger partial charge in [-0.2, -0.15) is 0 Å². The number of rotatable bonds is 5. The van der Waals surface area contributed by atoms with Gasteiger partial charge in [0.25, 0.3) is 0 Å². The largest absolute Gasteiger partial charge is 0.490 e. The van der Waals surface area contributed by atoms with Crippen LogP contribution in [0.2, 0.25) is 0 Å². The van der Waals surface area contributed by atoms with Gasteiger partial charge in [0.1, 0.15) is 11.9 Å². The van der Waals surface area contributed by atoms with Crippen LogP contribution in [0.4, 0.5) is 0 Å². The van der Waals surface area contributed by atoms with Gasteiger partial charge in [-0.25, -0.2) is 0 Å². The van der Waals surface area contributed by atoms with Crippen molar-refractivity contribution in [3.63, 3.8) is 0 Å². The molecule has 0 aliphatic heterocycles. The summed E-state index contributed by atoms with van der Waals surface area (Å²) in [6.45, 7) is 4.06. The topological polar surface area (TPSA) is 35.5 Å². The highest BCUT2D eigenvalue weighted by molar-refractivity contribution is 5.69. The molecule has 0 heterocycles. The van der Waals surface area contributed by atoms with Gasteiger partial charge in [0.2, 0.25) is 0 Å². The van der Waals surface area contributed by atoms with Crippen LogP contribution < -0.4 is 4.74 Å². The molecule has 0 amide bonds. The second kappa shape index (κ2) is 6.06. The number of carbonyl (C=O) groups excluding carboxylic acids is 1. The maximum atomic E-state index is 11.1. The predicted octanol–water partition coefficient (Wildman–Crippen LogP) is 2.41. The van der Waals surface area contributed by atoms with Crippen LogP contribution in [0.25, 0.3) is 0 Å². The monoisotopic (exact) mass is 208 g/mol. The Balaban J connectivity index is 2.36. The molecule has 0 fully saturated rings. The van der Waals surface area contributed by atoms with Crippen LogP contribution >= 0.6 is 0 Å². The van der Waals surface area contributed by atoms with Crippen LogP contribution in [0.1, 0.15) is 20.3 Å². The van der Waals surface area contributed by atoms with Gasteiger partial charge in [0, 0.05) is 0 Å². The van der Waals surface area contributed by atoms with E-state index in [2.05, 4.69) is 0 Å². The first-order chi connectivity index (χ1) is 7.22. The van der Waals surface area contributed by atoms with Crippen molar-refractivity contribution in [1.82, 2.24) is 0 Å². The van der Waals surface area contributed by atoms with Crippen molar-refractivity contribution < 1.29 is 14.3 Å². The molecule has 0 N–H and O–H groups in total. The SMILES string of the molecule is CCOC(=O)C[C@H](C)Oc1ccccc1. The van der Waals surface area contributed by atoms with Gasteiger partial charge in [0.15, 0.2) is 0 Å². The molecule has 0 bridgehead atoms. The smallest absolute Gasteiger partial charge is 0.309 e. The minimum absolute atomic E-state index is 0.161. The quantitative estimate of drug-likeness (QED) is 0.697. The summed E-state index contributed by atoms with van der Waals surface area (Å²) in [4.78, 5) is 11.1. The average Bonchev–Trinajstić information content (AvgIpc) is 2.19. The second-order valence-corrected chi connectivity index (χ2v) is 3.25. The van der Waals surface area contributed by atoms with E-state index in [1.165, 1.54) is 0 Å². The van der Waals surface area contributed by atoms with E-state index < -0.39 is 0 Å². The second-order valence-electron chi connectivity index (χ2n) is 3.25. The fourth-order valence-electron chi connectivity index (χ4n) is 1.23. The van der Waals surface area contributed by atoms with Crippen molar-refractivity contribution in [2.75, 3.05) is 6.61 Å². The number of benzene rings is 1. The van der Waals surface area contributed by atoms with E-state index >= 15 is 0 Å². The van der Waals surface area contributed by atoms with Crippen LogP contribution in [0.5, 0.6) is 5.75 Å². The zero-order valence-corrected chi connectivity index (χ0v) is 9.10. The summed E-state index contributed by atoms with van der Waals surface area (Å²) in [5, 5.41) is 0. The van der Waals surface area contributed by atoms with E-state index in [9.17, 15) is 4.79 Å². The number of hydrogen-bond acceptors (Lipinski definition) is 3. The van der Waals surface area contributed by atoms with Crippen LogP contribution in [0.15, 0.2) is 30.3 Å². The van der Waals surface area contributed by atoms with Crippen LogP contribution in [0, 0.1) is 0 Å². The Bertz CT molecular complexity index is 295. The van der Waals surface area contributed by atoms with Gasteiger partial charge in [-0.3, -0.25) is 4.79 Å². The predicted molar refractivity (Wildman–Crippen MR) is 57.8 cm³/mol. The highest BCUT2D eigenvalue weighted by Gasteiger charge is 2.10. The molecule has 0 unspecified atom stereocenters. The average molecular weight is 208 g/mol. The third-order valence-electron chi connectivity index (χ3n) is 1.84. The third-order valence-corrected chi connectivity index (χ3v) is 1.84. The van der Waals surface area contributed by atoms with Crippen molar-refractivity contribution in [3.05, 3.63) is 30.3 Å². The first kappa shape index (κ1) is 11.6. The fourth-order valence-corrected chi connectivity index (χ4v) is 1.23. The van der Waals surface area contributed by atoms with Crippen LogP contribution in [0.3, 0.4) is 0 Å². The van der Waals surface area contributed by atoms with Gasteiger partial charge in [-0.15, -0.1) is 0 Å². The molecule has 1 rings (SSSR count). The Morgan fingerprint density at radius 3 is 2.60 bits per heavy atom. The van der Waals surface area contributed by atoms with Gasteiger partial charge in [0.05, 0.1) is 13.0 Å². The molecule has 0 radical (unpaired) electrons. The molecule has 3 nitrogen and oxygen atoms in total. The summed E-state index contributed by atoms with van der Waals surface area (Å²) >= 11 is 0. The Hall–Kier alpha value is -1.51. The normalized spacial score (nSPS) is 11.9. The minimum atomic E-state index is -0.221. The number of para-hydroxylation sites is 1.